The van der Waals surface area contributed by atoms with Crippen molar-refractivity contribution in [3.8, 4) is 0 Å². The van der Waals surface area contributed by atoms with E-state index in [0.717, 1.165) is 32.7 Å². The summed E-state index contributed by atoms with van der Waals surface area (Å²) in [6.07, 6.45) is 0. The summed E-state index contributed by atoms with van der Waals surface area (Å²) in [6.45, 7) is 10.8. The number of carbonyl (C=O) groups is 1. The number of hydrogen-bond acceptors (Lipinski definition) is 4. The highest BCUT2D eigenvalue weighted by atomic mass is 16.2. The largest absolute Gasteiger partial charge is 0.369 e. The van der Waals surface area contributed by atoms with E-state index in [9.17, 15) is 4.79 Å². The van der Waals surface area contributed by atoms with Crippen LogP contribution in [0.2, 0.25) is 0 Å². The molecule has 0 saturated carbocycles. The number of para-hydroxylation sites is 1. The molecule has 3 unspecified atom stereocenters. The van der Waals surface area contributed by atoms with E-state index >= 15 is 0 Å². The molecule has 2 rings (SSSR count). The third-order valence-corrected chi connectivity index (χ3v) is 4.62. The van der Waals surface area contributed by atoms with Gasteiger partial charge < -0.3 is 16.0 Å². The van der Waals surface area contributed by atoms with E-state index in [1.54, 1.807) is 0 Å². The maximum Gasteiger partial charge on any atom is 0.224 e. The first kappa shape index (κ1) is 17.8. The zero-order valence-electron chi connectivity index (χ0n) is 14.5. The molecule has 1 aromatic rings. The molecule has 1 heterocycles. The highest BCUT2D eigenvalue weighted by Crippen LogP contribution is 2.15. The number of nitrogens with one attached hydrogen (secondary N) is 1. The Hall–Kier alpha value is -1.59. The Bertz CT molecular complexity index is 483. The number of piperazine rings is 1. The molecule has 0 aromatic heterocycles. The van der Waals surface area contributed by atoms with Crippen molar-refractivity contribution in [2.45, 2.75) is 32.9 Å². The summed E-state index contributed by atoms with van der Waals surface area (Å²) in [5.74, 6) is -0.0946. The predicted molar refractivity (Wildman–Crippen MR) is 95.5 cm³/mol. The Morgan fingerprint density at radius 3 is 2.30 bits per heavy atom. The van der Waals surface area contributed by atoms with Crippen LogP contribution in [0.5, 0.6) is 0 Å². The smallest absolute Gasteiger partial charge is 0.224 e. The van der Waals surface area contributed by atoms with E-state index in [2.05, 4.69) is 46.3 Å². The van der Waals surface area contributed by atoms with Gasteiger partial charge in [-0.1, -0.05) is 25.1 Å². The van der Waals surface area contributed by atoms with Crippen molar-refractivity contribution in [2.24, 2.45) is 11.7 Å². The zero-order chi connectivity index (χ0) is 16.8. The average molecular weight is 318 g/mol. The lowest BCUT2D eigenvalue weighted by Crippen LogP contribution is -2.52. The van der Waals surface area contributed by atoms with Gasteiger partial charge in [0, 0.05) is 56.4 Å². The zero-order valence-corrected chi connectivity index (χ0v) is 14.5. The lowest BCUT2D eigenvalue weighted by atomic mass is 10.0. The lowest BCUT2D eigenvalue weighted by molar-refractivity contribution is -0.125. The fourth-order valence-corrected chi connectivity index (χ4v) is 2.87. The summed E-state index contributed by atoms with van der Waals surface area (Å²) < 4.78 is 0. The number of amides is 1. The minimum absolute atomic E-state index is 0.0513. The molecule has 1 aliphatic heterocycles. The normalized spacial score (nSPS) is 19.9. The van der Waals surface area contributed by atoms with E-state index in [1.165, 1.54) is 5.69 Å². The Balaban J connectivity index is 1.74. The molecule has 1 aromatic carbocycles. The Morgan fingerprint density at radius 1 is 1.13 bits per heavy atom. The molecule has 0 bridgehead atoms. The molecule has 23 heavy (non-hydrogen) atoms. The molecule has 0 aliphatic carbocycles. The molecule has 1 amide bonds. The summed E-state index contributed by atoms with van der Waals surface area (Å²) in [5, 5.41) is 3.08. The van der Waals surface area contributed by atoms with Gasteiger partial charge >= 0.3 is 0 Å². The Morgan fingerprint density at radius 2 is 1.74 bits per heavy atom. The highest BCUT2D eigenvalue weighted by Gasteiger charge is 2.22. The lowest BCUT2D eigenvalue weighted by Gasteiger charge is -2.37. The molecule has 5 nitrogen and oxygen atoms in total. The highest BCUT2D eigenvalue weighted by molar-refractivity contribution is 5.79. The second kappa shape index (κ2) is 8.31. The molecule has 0 radical (unpaired) electrons. The summed E-state index contributed by atoms with van der Waals surface area (Å²) in [5.41, 5.74) is 7.08. The van der Waals surface area contributed by atoms with Crippen molar-refractivity contribution in [1.82, 2.24) is 10.2 Å². The third kappa shape index (κ3) is 5.22. The van der Waals surface area contributed by atoms with Crippen molar-refractivity contribution >= 4 is 11.6 Å². The van der Waals surface area contributed by atoms with Gasteiger partial charge in [-0.3, -0.25) is 9.69 Å². The number of benzene rings is 1. The molecule has 1 aliphatic rings. The molecule has 5 heteroatoms. The van der Waals surface area contributed by atoms with Gasteiger partial charge in [-0.25, -0.2) is 0 Å². The van der Waals surface area contributed by atoms with Crippen LogP contribution in [-0.4, -0.2) is 55.6 Å². The first-order valence-electron chi connectivity index (χ1n) is 8.55. The average Bonchev–Trinajstić information content (AvgIpc) is 2.55. The summed E-state index contributed by atoms with van der Waals surface area (Å²) in [4.78, 5) is 16.9. The van der Waals surface area contributed by atoms with Crippen LogP contribution in [0, 0.1) is 5.92 Å². The van der Waals surface area contributed by atoms with Crippen LogP contribution in [0.15, 0.2) is 30.3 Å². The van der Waals surface area contributed by atoms with Crippen molar-refractivity contribution in [1.29, 1.82) is 0 Å². The van der Waals surface area contributed by atoms with Gasteiger partial charge in [0.15, 0.2) is 0 Å². The van der Waals surface area contributed by atoms with E-state index in [0.29, 0.717) is 0 Å². The van der Waals surface area contributed by atoms with Crippen LogP contribution in [0.25, 0.3) is 0 Å². The van der Waals surface area contributed by atoms with Crippen LogP contribution >= 0.6 is 0 Å². The van der Waals surface area contributed by atoms with Crippen molar-refractivity contribution in [2.75, 3.05) is 37.6 Å². The number of nitrogens with zero attached hydrogens (tertiary/aromatic N) is 2. The van der Waals surface area contributed by atoms with Gasteiger partial charge in [0.1, 0.15) is 0 Å². The van der Waals surface area contributed by atoms with Gasteiger partial charge in [-0.2, -0.15) is 0 Å². The maximum absolute atomic E-state index is 12.1. The Labute approximate surface area is 139 Å². The van der Waals surface area contributed by atoms with Gasteiger partial charge in [0.25, 0.3) is 0 Å². The Kier molecular flexibility index (Phi) is 6.42. The molecule has 3 atom stereocenters. The van der Waals surface area contributed by atoms with Crippen molar-refractivity contribution < 1.29 is 4.79 Å². The van der Waals surface area contributed by atoms with Gasteiger partial charge in [-0.05, 0) is 26.0 Å². The van der Waals surface area contributed by atoms with E-state index in [1.807, 2.05) is 19.9 Å². The summed E-state index contributed by atoms with van der Waals surface area (Å²) in [6, 6.07) is 10.6. The minimum atomic E-state index is -0.146. The fraction of sp³-hybridized carbons (Fsp3) is 0.611. The topological polar surface area (TPSA) is 61.6 Å². The molecule has 1 fully saturated rings. The van der Waals surface area contributed by atoms with Crippen LogP contribution in [0.1, 0.15) is 20.8 Å². The number of hydrogen-bond donors (Lipinski definition) is 2. The molecule has 0 spiro atoms. The van der Waals surface area contributed by atoms with Crippen LogP contribution in [0.3, 0.4) is 0 Å². The predicted octanol–water partition coefficient (Wildman–Crippen LogP) is 1.30. The van der Waals surface area contributed by atoms with Crippen molar-refractivity contribution in [3.05, 3.63) is 30.3 Å². The number of anilines is 1. The maximum atomic E-state index is 12.1. The molecule has 1 saturated heterocycles. The minimum Gasteiger partial charge on any atom is -0.369 e. The van der Waals surface area contributed by atoms with Gasteiger partial charge in [0.05, 0.1) is 0 Å². The standard InChI is InChI=1S/C18H30N4O/c1-14(20-18(23)15(2)16(3)19)13-21-9-11-22(12-10-21)17-7-5-4-6-8-17/h4-8,14-16H,9-13,19H2,1-3H3,(H,20,23). The van der Waals surface area contributed by atoms with E-state index in [-0.39, 0.29) is 23.9 Å². The fourth-order valence-electron chi connectivity index (χ4n) is 2.87. The quantitative estimate of drug-likeness (QED) is 0.830. The second-order valence-corrected chi connectivity index (χ2v) is 6.68. The number of carbonyl (C=O) groups excluding carboxylic acids is 1. The first-order chi connectivity index (χ1) is 11.0. The van der Waals surface area contributed by atoms with Crippen LogP contribution < -0.4 is 16.0 Å². The molecular formula is C18H30N4O. The number of rotatable bonds is 6. The summed E-state index contributed by atoms with van der Waals surface area (Å²) in [7, 11) is 0. The molecular weight excluding hydrogens is 288 g/mol. The monoisotopic (exact) mass is 318 g/mol. The second-order valence-electron chi connectivity index (χ2n) is 6.68. The third-order valence-electron chi connectivity index (χ3n) is 4.62. The van der Waals surface area contributed by atoms with Gasteiger partial charge in [0.2, 0.25) is 5.91 Å². The molecule has 128 valence electrons. The van der Waals surface area contributed by atoms with Crippen molar-refractivity contribution in [3.63, 3.8) is 0 Å². The SMILES string of the molecule is CC(CN1CCN(c2ccccc2)CC1)NC(=O)C(C)C(C)N. The number of nitrogens with two attached hydrogens (primary N) is 1. The van der Waals surface area contributed by atoms with E-state index in [4.69, 9.17) is 5.73 Å². The van der Waals surface area contributed by atoms with E-state index < -0.39 is 0 Å². The van der Waals surface area contributed by atoms with Crippen LogP contribution in [-0.2, 0) is 4.79 Å². The summed E-state index contributed by atoms with van der Waals surface area (Å²) >= 11 is 0. The van der Waals surface area contributed by atoms with Gasteiger partial charge in [-0.15, -0.1) is 0 Å². The molecule has 3 N–H and O–H groups in total. The van der Waals surface area contributed by atoms with Crippen LogP contribution in [0.4, 0.5) is 5.69 Å². The first-order valence-corrected chi connectivity index (χ1v) is 8.55.